The number of nitrogens with one attached hydrogen (secondary N) is 1. The quantitative estimate of drug-likeness (QED) is 0.590. The SMILES string of the molecule is O=C(N[C@H](Cn1ccnc1)c1ccccc1)c1ccc2cccc(F)c2n1. The lowest BCUT2D eigenvalue weighted by Crippen LogP contribution is -2.31. The summed E-state index contributed by atoms with van der Waals surface area (Å²) in [5.41, 5.74) is 1.33. The molecule has 1 amide bonds. The number of fused-ring (bicyclic) bond motifs is 1. The van der Waals surface area contributed by atoms with Crippen molar-refractivity contribution in [3.05, 3.63) is 96.5 Å². The van der Waals surface area contributed by atoms with Crippen molar-refractivity contribution in [3.8, 4) is 0 Å². The Kier molecular flexibility index (Phi) is 4.61. The molecule has 134 valence electrons. The second-order valence-corrected chi connectivity index (χ2v) is 6.20. The van der Waals surface area contributed by atoms with Gasteiger partial charge < -0.3 is 9.88 Å². The molecule has 2 aromatic carbocycles. The van der Waals surface area contributed by atoms with Gasteiger partial charge in [0, 0.05) is 24.3 Å². The van der Waals surface area contributed by atoms with Crippen molar-refractivity contribution in [1.82, 2.24) is 19.9 Å². The predicted octanol–water partition coefficient (Wildman–Crippen LogP) is 3.74. The number of hydrogen-bond donors (Lipinski definition) is 1. The van der Waals surface area contributed by atoms with Gasteiger partial charge in [-0.25, -0.2) is 14.4 Å². The van der Waals surface area contributed by atoms with Gasteiger partial charge in [-0.15, -0.1) is 0 Å². The number of hydrogen-bond acceptors (Lipinski definition) is 3. The third-order valence-corrected chi connectivity index (χ3v) is 4.36. The molecule has 0 fully saturated rings. The van der Waals surface area contributed by atoms with E-state index in [9.17, 15) is 9.18 Å². The molecule has 4 aromatic rings. The molecule has 1 N–H and O–H groups in total. The Morgan fingerprint density at radius 1 is 1.07 bits per heavy atom. The van der Waals surface area contributed by atoms with Gasteiger partial charge in [0.2, 0.25) is 0 Å². The van der Waals surface area contributed by atoms with Gasteiger partial charge in [-0.05, 0) is 17.7 Å². The summed E-state index contributed by atoms with van der Waals surface area (Å²) in [7, 11) is 0. The van der Waals surface area contributed by atoms with Crippen LogP contribution in [0.15, 0.2) is 79.4 Å². The highest BCUT2D eigenvalue weighted by Crippen LogP contribution is 2.18. The number of aromatic nitrogens is 3. The summed E-state index contributed by atoms with van der Waals surface area (Å²) < 4.78 is 15.9. The van der Waals surface area contributed by atoms with Gasteiger partial charge in [0.25, 0.3) is 5.91 Å². The highest BCUT2D eigenvalue weighted by molar-refractivity contribution is 5.95. The van der Waals surface area contributed by atoms with Crippen LogP contribution in [0.2, 0.25) is 0 Å². The monoisotopic (exact) mass is 360 g/mol. The van der Waals surface area contributed by atoms with E-state index in [-0.39, 0.29) is 23.2 Å². The van der Waals surface area contributed by atoms with Crippen molar-refractivity contribution in [2.45, 2.75) is 12.6 Å². The molecular formula is C21H17FN4O. The largest absolute Gasteiger partial charge is 0.342 e. The van der Waals surface area contributed by atoms with Crippen LogP contribution in [0.25, 0.3) is 10.9 Å². The van der Waals surface area contributed by atoms with Gasteiger partial charge in [0.15, 0.2) is 0 Å². The van der Waals surface area contributed by atoms with E-state index in [2.05, 4.69) is 15.3 Å². The maximum absolute atomic E-state index is 14.0. The molecule has 0 unspecified atom stereocenters. The summed E-state index contributed by atoms with van der Waals surface area (Å²) in [6, 6.07) is 17.4. The van der Waals surface area contributed by atoms with Crippen LogP contribution in [0.3, 0.4) is 0 Å². The molecule has 27 heavy (non-hydrogen) atoms. The summed E-state index contributed by atoms with van der Waals surface area (Å²) >= 11 is 0. The second kappa shape index (κ2) is 7.37. The maximum Gasteiger partial charge on any atom is 0.270 e. The van der Waals surface area contributed by atoms with Gasteiger partial charge >= 0.3 is 0 Å². The first-order valence-corrected chi connectivity index (χ1v) is 8.57. The lowest BCUT2D eigenvalue weighted by Gasteiger charge is -2.19. The minimum Gasteiger partial charge on any atom is -0.342 e. The van der Waals surface area contributed by atoms with Gasteiger partial charge in [-0.3, -0.25) is 4.79 Å². The Balaban J connectivity index is 1.62. The van der Waals surface area contributed by atoms with Crippen molar-refractivity contribution >= 4 is 16.8 Å². The Morgan fingerprint density at radius 3 is 2.70 bits per heavy atom. The average molecular weight is 360 g/mol. The highest BCUT2D eigenvalue weighted by Gasteiger charge is 2.18. The number of nitrogens with zero attached hydrogens (tertiary/aromatic N) is 3. The van der Waals surface area contributed by atoms with Crippen LogP contribution in [0, 0.1) is 5.82 Å². The fraction of sp³-hybridized carbons (Fsp3) is 0.0952. The van der Waals surface area contributed by atoms with E-state index < -0.39 is 5.82 Å². The van der Waals surface area contributed by atoms with E-state index in [0.29, 0.717) is 11.9 Å². The lowest BCUT2D eigenvalue weighted by molar-refractivity contribution is 0.0928. The van der Waals surface area contributed by atoms with E-state index in [1.165, 1.54) is 6.07 Å². The van der Waals surface area contributed by atoms with Crippen molar-refractivity contribution < 1.29 is 9.18 Å². The number of halogens is 1. The van der Waals surface area contributed by atoms with Crippen LogP contribution in [-0.4, -0.2) is 20.4 Å². The molecule has 6 heteroatoms. The molecule has 0 spiro atoms. The predicted molar refractivity (Wildman–Crippen MR) is 101 cm³/mol. The van der Waals surface area contributed by atoms with Gasteiger partial charge in [-0.2, -0.15) is 0 Å². The summed E-state index contributed by atoms with van der Waals surface area (Å²) in [4.78, 5) is 21.0. The standard InChI is InChI=1S/C21H17FN4O/c22-17-8-4-7-16-9-10-18(24-20(16)17)21(27)25-19(13-26-12-11-23-14-26)15-5-2-1-3-6-15/h1-12,14,19H,13H2,(H,25,27)/t19-/m1/s1. The van der Waals surface area contributed by atoms with E-state index in [4.69, 9.17) is 0 Å². The third-order valence-electron chi connectivity index (χ3n) is 4.36. The molecule has 2 heterocycles. The number of carbonyl (C=O) groups excluding carboxylic acids is 1. The first-order valence-electron chi connectivity index (χ1n) is 8.57. The number of rotatable bonds is 5. The van der Waals surface area contributed by atoms with E-state index >= 15 is 0 Å². The molecule has 5 nitrogen and oxygen atoms in total. The molecule has 0 aliphatic rings. The molecule has 0 aliphatic carbocycles. The molecule has 0 radical (unpaired) electrons. The lowest BCUT2D eigenvalue weighted by atomic mass is 10.1. The first kappa shape index (κ1) is 16.9. The number of benzene rings is 2. The number of pyridine rings is 1. The van der Waals surface area contributed by atoms with Crippen LogP contribution in [0.1, 0.15) is 22.1 Å². The van der Waals surface area contributed by atoms with Crippen molar-refractivity contribution in [2.75, 3.05) is 0 Å². The van der Waals surface area contributed by atoms with Gasteiger partial charge in [-0.1, -0.05) is 48.5 Å². The zero-order valence-corrected chi connectivity index (χ0v) is 14.4. The van der Waals surface area contributed by atoms with Gasteiger partial charge in [0.05, 0.1) is 12.4 Å². The molecule has 0 saturated carbocycles. The van der Waals surface area contributed by atoms with Gasteiger partial charge in [0.1, 0.15) is 17.0 Å². The third kappa shape index (κ3) is 3.69. The Hall–Kier alpha value is -3.54. The zero-order chi connectivity index (χ0) is 18.6. The zero-order valence-electron chi connectivity index (χ0n) is 14.4. The summed E-state index contributed by atoms with van der Waals surface area (Å²) in [5, 5.41) is 3.66. The molecule has 4 rings (SSSR count). The van der Waals surface area contributed by atoms with Crippen molar-refractivity contribution in [3.63, 3.8) is 0 Å². The Labute approximate surface area is 155 Å². The Morgan fingerprint density at radius 2 is 1.93 bits per heavy atom. The second-order valence-electron chi connectivity index (χ2n) is 6.20. The number of para-hydroxylation sites is 1. The van der Waals surface area contributed by atoms with Crippen LogP contribution in [0.4, 0.5) is 4.39 Å². The number of amides is 1. The summed E-state index contributed by atoms with van der Waals surface area (Å²) in [5.74, 6) is -0.797. The number of imidazole rings is 1. The fourth-order valence-corrected chi connectivity index (χ4v) is 2.99. The van der Waals surface area contributed by atoms with Crippen LogP contribution < -0.4 is 5.32 Å². The van der Waals surface area contributed by atoms with E-state index in [1.54, 1.807) is 36.8 Å². The topological polar surface area (TPSA) is 59.8 Å². The smallest absolute Gasteiger partial charge is 0.270 e. The molecule has 0 aliphatic heterocycles. The summed E-state index contributed by atoms with van der Waals surface area (Å²) in [6.45, 7) is 0.525. The van der Waals surface area contributed by atoms with E-state index in [1.807, 2.05) is 41.1 Å². The molecule has 0 saturated heterocycles. The Bertz CT molecular complexity index is 1060. The fourth-order valence-electron chi connectivity index (χ4n) is 2.99. The normalized spacial score (nSPS) is 12.0. The highest BCUT2D eigenvalue weighted by atomic mass is 19.1. The summed E-state index contributed by atoms with van der Waals surface area (Å²) in [6.07, 6.45) is 5.23. The number of carbonyl (C=O) groups is 1. The molecular weight excluding hydrogens is 343 g/mol. The molecule has 0 bridgehead atoms. The van der Waals surface area contributed by atoms with Crippen molar-refractivity contribution in [2.24, 2.45) is 0 Å². The van der Waals surface area contributed by atoms with Crippen LogP contribution in [-0.2, 0) is 6.54 Å². The minimum absolute atomic E-state index is 0.180. The first-order chi connectivity index (χ1) is 13.2. The molecule has 2 aromatic heterocycles. The molecule has 1 atom stereocenters. The average Bonchev–Trinajstić information content (AvgIpc) is 3.21. The van der Waals surface area contributed by atoms with Crippen LogP contribution >= 0.6 is 0 Å². The maximum atomic E-state index is 14.0. The van der Waals surface area contributed by atoms with Crippen LogP contribution in [0.5, 0.6) is 0 Å². The van der Waals surface area contributed by atoms with Crippen molar-refractivity contribution in [1.29, 1.82) is 0 Å². The van der Waals surface area contributed by atoms with E-state index in [0.717, 1.165) is 5.56 Å². The minimum atomic E-state index is -0.444.